The van der Waals surface area contributed by atoms with Crippen molar-refractivity contribution in [2.45, 2.75) is 36.8 Å². The van der Waals surface area contributed by atoms with Gasteiger partial charge in [0.2, 0.25) is 0 Å². The average molecular weight is 763 g/mol. The van der Waals surface area contributed by atoms with E-state index in [2.05, 4.69) is 0 Å². The number of benzene rings is 5. The minimum Gasteiger partial charge on any atom is -0.508 e. The largest absolute Gasteiger partial charge is 0.508 e. The Morgan fingerprint density at radius 1 is 0.545 bits per heavy atom. The Hall–Kier alpha value is -7.47. The van der Waals surface area contributed by atoms with Crippen LogP contribution in [0.4, 0.5) is 0 Å². The molecule has 14 N–H and O–H groups in total. The van der Waals surface area contributed by atoms with E-state index in [-0.39, 0.29) is 39.3 Å². The Balaban J connectivity index is 1.41. The van der Waals surface area contributed by atoms with Gasteiger partial charge in [-0.15, -0.1) is 0 Å². The first kappa shape index (κ1) is 35.9. The minimum atomic E-state index is -1.87. The van der Waals surface area contributed by atoms with E-state index in [9.17, 15) is 76.3 Å². The van der Waals surface area contributed by atoms with Crippen LogP contribution in [0.2, 0.25) is 0 Å². The number of hydrogen-bond acceptors (Lipinski definition) is 18. The highest BCUT2D eigenvalue weighted by Crippen LogP contribution is 2.58. The minimum absolute atomic E-state index is 0.127. The first-order valence-electron chi connectivity index (χ1n) is 16.1. The molecule has 0 aromatic heterocycles. The lowest BCUT2D eigenvalue weighted by molar-refractivity contribution is -0.0211. The van der Waals surface area contributed by atoms with Crippen LogP contribution in [-0.4, -0.2) is 89.7 Å². The summed E-state index contributed by atoms with van der Waals surface area (Å²) in [5.41, 5.74) is -1.47. The molecule has 0 bridgehead atoms. The van der Waals surface area contributed by atoms with Gasteiger partial charge in [0.05, 0.1) is 11.5 Å². The number of phenolic OH excluding ortho intramolecular Hbond substituents is 13. The second-order valence-electron chi connectivity index (χ2n) is 12.9. The van der Waals surface area contributed by atoms with Gasteiger partial charge in [-0.1, -0.05) is 0 Å². The van der Waals surface area contributed by atoms with Crippen LogP contribution in [0.15, 0.2) is 54.6 Å². The van der Waals surface area contributed by atoms with Crippen LogP contribution in [0.5, 0.6) is 86.2 Å². The number of fused-ring (bicyclic) bond motifs is 2. The van der Waals surface area contributed by atoms with Gasteiger partial charge in [-0.2, -0.15) is 0 Å². The smallest absolute Gasteiger partial charge is 0.338 e. The molecule has 0 fully saturated rings. The fourth-order valence-electron chi connectivity index (χ4n) is 6.87. The van der Waals surface area contributed by atoms with Crippen molar-refractivity contribution in [3.63, 3.8) is 0 Å². The molecule has 286 valence electrons. The number of hydrogen-bond donors (Lipinski definition) is 14. The standard InChI is InChI=1S/C37H30O18/c38-14-7-17(40)27-25(8-14)53-35(12-3-21(44)31(49)22(45)4-12)33(51)29(27)28-18(41)10-16(39)15-9-26(54-37(52)13-5-23(46)32(50)24(47)6-13)34(55-36(15)28)11-1-19(42)30(48)20(43)2-11/h1-8,10,26,29,33-35,38-51H,9H2/t26-,29-,33-,34-,35+/m0/s1. The van der Waals surface area contributed by atoms with E-state index in [4.69, 9.17) is 14.2 Å². The van der Waals surface area contributed by atoms with Crippen molar-refractivity contribution in [2.24, 2.45) is 0 Å². The molecule has 18 heteroatoms. The van der Waals surface area contributed by atoms with Gasteiger partial charge in [0.1, 0.15) is 46.7 Å². The maximum atomic E-state index is 13.4. The van der Waals surface area contributed by atoms with Crippen LogP contribution < -0.4 is 9.47 Å². The summed E-state index contributed by atoms with van der Waals surface area (Å²) in [6.07, 6.45) is -7.05. The van der Waals surface area contributed by atoms with Gasteiger partial charge in [0, 0.05) is 52.4 Å². The van der Waals surface area contributed by atoms with Gasteiger partial charge >= 0.3 is 5.97 Å². The number of aliphatic hydroxyl groups is 1. The van der Waals surface area contributed by atoms with Crippen molar-refractivity contribution in [3.8, 4) is 86.2 Å². The summed E-state index contributed by atoms with van der Waals surface area (Å²) in [6.45, 7) is 0. The summed E-state index contributed by atoms with van der Waals surface area (Å²) in [7, 11) is 0. The number of carbonyl (C=O) groups is 1. The Kier molecular flexibility index (Phi) is 8.41. The molecule has 0 unspecified atom stereocenters. The van der Waals surface area contributed by atoms with Crippen molar-refractivity contribution < 1.29 is 90.5 Å². The fraction of sp³-hybridized carbons (Fsp3) is 0.162. The maximum absolute atomic E-state index is 13.4. The molecule has 5 aromatic carbocycles. The number of rotatable bonds is 5. The number of carbonyl (C=O) groups excluding carboxylic acids is 1. The van der Waals surface area contributed by atoms with E-state index < -0.39 is 123 Å². The fourth-order valence-corrected chi connectivity index (χ4v) is 6.87. The monoisotopic (exact) mass is 762 g/mol. The second kappa shape index (κ2) is 12.9. The van der Waals surface area contributed by atoms with Crippen LogP contribution in [0.1, 0.15) is 56.3 Å². The molecule has 0 amide bonds. The molecule has 7 rings (SSSR count). The first-order chi connectivity index (χ1) is 25.9. The highest BCUT2D eigenvalue weighted by molar-refractivity contribution is 5.91. The third-order valence-corrected chi connectivity index (χ3v) is 9.40. The van der Waals surface area contributed by atoms with E-state index in [1.54, 1.807) is 0 Å². The topological polar surface area (TPSA) is 328 Å². The average Bonchev–Trinajstić information content (AvgIpc) is 3.11. The lowest BCUT2D eigenvalue weighted by Crippen LogP contribution is -2.38. The highest BCUT2D eigenvalue weighted by atomic mass is 16.6. The highest BCUT2D eigenvalue weighted by Gasteiger charge is 2.47. The van der Waals surface area contributed by atoms with Crippen molar-refractivity contribution in [2.75, 3.05) is 0 Å². The summed E-state index contributed by atoms with van der Waals surface area (Å²) in [5, 5.41) is 147. The van der Waals surface area contributed by atoms with E-state index >= 15 is 0 Å². The van der Waals surface area contributed by atoms with Crippen LogP contribution in [0.3, 0.4) is 0 Å². The molecule has 2 aliphatic heterocycles. The normalized spacial score (nSPS) is 20.1. The summed E-state index contributed by atoms with van der Waals surface area (Å²) >= 11 is 0. The van der Waals surface area contributed by atoms with E-state index in [0.717, 1.165) is 54.6 Å². The van der Waals surface area contributed by atoms with Crippen molar-refractivity contribution in [1.29, 1.82) is 0 Å². The molecule has 0 saturated carbocycles. The molecule has 55 heavy (non-hydrogen) atoms. The second-order valence-corrected chi connectivity index (χ2v) is 12.9. The summed E-state index contributed by atoms with van der Waals surface area (Å²) in [5.74, 6) is -13.7. The van der Waals surface area contributed by atoms with Crippen LogP contribution in [0.25, 0.3) is 0 Å². The molecule has 0 aliphatic carbocycles. The van der Waals surface area contributed by atoms with E-state index in [0.29, 0.717) is 0 Å². The molecular weight excluding hydrogens is 732 g/mol. The van der Waals surface area contributed by atoms with Crippen molar-refractivity contribution in [1.82, 2.24) is 0 Å². The molecular formula is C37H30O18. The predicted molar refractivity (Wildman–Crippen MR) is 181 cm³/mol. The Bertz CT molecular complexity index is 2340. The molecule has 18 nitrogen and oxygen atoms in total. The molecule has 0 saturated heterocycles. The third kappa shape index (κ3) is 5.95. The number of aliphatic hydroxyl groups excluding tert-OH is 1. The van der Waals surface area contributed by atoms with Gasteiger partial charge in [0.15, 0.2) is 64.0 Å². The Morgan fingerprint density at radius 2 is 1.04 bits per heavy atom. The lowest BCUT2D eigenvalue weighted by atomic mass is 9.77. The SMILES string of the molecule is O=C(O[C@H]1Cc2c(O)cc(O)c([C@@H]3c4c(O)cc(O)cc4O[C@H](c4cc(O)c(O)c(O)c4)[C@H]3O)c2O[C@H]1c1cc(O)c(O)c(O)c1)c1cc(O)c(O)c(O)c1. The van der Waals surface area contributed by atoms with Gasteiger partial charge in [-0.3, -0.25) is 0 Å². The van der Waals surface area contributed by atoms with Gasteiger partial charge in [-0.25, -0.2) is 4.79 Å². The zero-order valence-corrected chi connectivity index (χ0v) is 27.7. The zero-order chi connectivity index (χ0) is 39.8. The molecule has 5 aromatic rings. The summed E-state index contributed by atoms with van der Waals surface area (Å²) < 4.78 is 17.9. The van der Waals surface area contributed by atoms with E-state index in [1.165, 1.54) is 0 Å². The van der Waals surface area contributed by atoms with Crippen molar-refractivity contribution in [3.05, 3.63) is 88.0 Å². The molecule has 5 atom stereocenters. The number of phenols is 13. The van der Waals surface area contributed by atoms with Gasteiger partial charge in [0.25, 0.3) is 0 Å². The summed E-state index contributed by atoms with van der Waals surface area (Å²) in [6, 6.07) is 8.21. The third-order valence-electron chi connectivity index (χ3n) is 9.40. The predicted octanol–water partition coefficient (Wildman–Crippen LogP) is 3.39. The molecule has 2 heterocycles. The number of aromatic hydroxyl groups is 13. The lowest BCUT2D eigenvalue weighted by Gasteiger charge is -2.40. The summed E-state index contributed by atoms with van der Waals surface area (Å²) in [4.78, 5) is 13.4. The molecule has 0 radical (unpaired) electrons. The number of esters is 1. The van der Waals surface area contributed by atoms with Crippen LogP contribution in [-0.2, 0) is 11.2 Å². The number of ether oxygens (including phenoxy) is 3. The van der Waals surface area contributed by atoms with Gasteiger partial charge < -0.3 is 85.7 Å². The van der Waals surface area contributed by atoms with Crippen molar-refractivity contribution >= 4 is 5.97 Å². The van der Waals surface area contributed by atoms with E-state index in [1.807, 2.05) is 0 Å². The van der Waals surface area contributed by atoms with Crippen LogP contribution in [0, 0.1) is 0 Å². The zero-order valence-electron chi connectivity index (χ0n) is 27.7. The Morgan fingerprint density at radius 3 is 1.58 bits per heavy atom. The molecule has 2 aliphatic rings. The first-order valence-corrected chi connectivity index (χ1v) is 16.1. The van der Waals surface area contributed by atoms with Crippen LogP contribution >= 0.6 is 0 Å². The maximum Gasteiger partial charge on any atom is 0.338 e. The van der Waals surface area contributed by atoms with Gasteiger partial charge in [-0.05, 0) is 36.4 Å². The Labute approximate surface area is 307 Å². The molecule has 0 spiro atoms. The quantitative estimate of drug-likeness (QED) is 0.0901.